The Morgan fingerprint density at radius 2 is 1.41 bits per heavy atom. The molecule has 11 rings (SSSR count). The van der Waals surface area contributed by atoms with Gasteiger partial charge in [0.05, 0.1) is 41.7 Å². The molecule has 1 radical (unpaired) electrons. The number of aromatic nitrogens is 4. The monoisotopic (exact) mass is 1180 g/mol. The predicted molar refractivity (Wildman–Crippen MR) is 296 cm³/mol. The van der Waals surface area contributed by atoms with Crippen molar-refractivity contribution in [3.05, 3.63) is 173 Å². The quantitative estimate of drug-likeness (QED) is 0.117. The average molecular weight is 1180 g/mol. The molecule has 0 atom stereocenters. The number of hydrogen-bond donors (Lipinski definition) is 0. The summed E-state index contributed by atoms with van der Waals surface area (Å²) < 4.78 is 81.7. The summed E-state index contributed by atoms with van der Waals surface area (Å²) in [6.45, 7) is 20.4. The number of fused-ring (bicyclic) bond motifs is 7. The number of rotatable bonds is 7. The molecule has 0 aliphatic heterocycles. The van der Waals surface area contributed by atoms with Crippen LogP contribution in [-0.2, 0) is 31.7 Å². The van der Waals surface area contributed by atoms with Gasteiger partial charge in [0.2, 0.25) is 5.71 Å². The second-order valence-corrected chi connectivity index (χ2v) is 26.7. The summed E-state index contributed by atoms with van der Waals surface area (Å²) in [7, 11) is -1.86. The van der Waals surface area contributed by atoms with Gasteiger partial charge >= 0.3 is 6.18 Å². The second kappa shape index (κ2) is 19.6. The topological polar surface area (TPSA) is 69.9 Å². The summed E-state index contributed by atoms with van der Waals surface area (Å²) in [4.78, 5) is 14.2. The molecule has 6 aromatic carbocycles. The van der Waals surface area contributed by atoms with E-state index >= 15 is 0 Å². The minimum atomic E-state index is -4.47. The van der Waals surface area contributed by atoms with Gasteiger partial charge in [0.15, 0.2) is 0 Å². The molecule has 0 amide bonds. The molecule has 0 unspecified atom stereocenters. The first-order valence-corrected chi connectivity index (χ1v) is 28.2. The molecule has 379 valence electrons. The van der Waals surface area contributed by atoms with E-state index in [1.807, 2.05) is 112 Å². The number of nitrogens with zero attached hydrogens (tertiary/aromatic N) is 4. The Morgan fingerprint density at radius 3 is 2.07 bits per heavy atom. The number of hydrogen-bond acceptors (Lipinski definition) is 5. The van der Waals surface area contributed by atoms with E-state index in [1.165, 1.54) is 12.1 Å². The smallest absolute Gasteiger partial charge is 0.416 e. The van der Waals surface area contributed by atoms with E-state index in [4.69, 9.17) is 17.9 Å². The third-order valence-corrected chi connectivity index (χ3v) is 15.6. The fraction of sp³-hybridized carbons (Fsp3) is 0.254. The first kappa shape index (κ1) is 48.3. The van der Waals surface area contributed by atoms with Gasteiger partial charge in [0.1, 0.15) is 5.58 Å². The minimum absolute atomic E-state index is 0. The zero-order valence-corrected chi connectivity index (χ0v) is 46.7. The molecule has 0 fully saturated rings. The number of furan rings is 2. The maximum Gasteiger partial charge on any atom is 0.416 e. The summed E-state index contributed by atoms with van der Waals surface area (Å²) in [6, 6.07) is 45.0. The van der Waals surface area contributed by atoms with Crippen LogP contribution in [0, 0.1) is 25.9 Å². The number of imidazole rings is 1. The van der Waals surface area contributed by atoms with Crippen molar-refractivity contribution in [3.8, 4) is 39.5 Å². The van der Waals surface area contributed by atoms with Crippen LogP contribution in [0.3, 0.4) is 0 Å². The van der Waals surface area contributed by atoms with Gasteiger partial charge in [-0.2, -0.15) is 13.2 Å². The Balaban J connectivity index is 0.000000212. The van der Waals surface area contributed by atoms with Gasteiger partial charge in [-0.3, -0.25) is 4.98 Å². The maximum absolute atomic E-state index is 14.3. The first-order chi connectivity index (χ1) is 35.8. The molecule has 0 spiro atoms. The van der Waals surface area contributed by atoms with Crippen molar-refractivity contribution in [2.45, 2.75) is 105 Å². The number of halogens is 3. The van der Waals surface area contributed by atoms with Crippen molar-refractivity contribution in [1.29, 1.82) is 0 Å². The standard InChI is InChI=1S/C42H38F3N2O.C21H21N2OSi.Ir/c1-24(2)31-22-28(42(43,44)45)23-32(25(3)4)38(31)47-35-16-12-11-15-34(35)46-40(47)30-19-20-33(41(5,6)7)37-29-18-17-27(21-36(29)48-39(30)37)26-13-9-8-10-14-26;1-13-11-18(22-12-19(13)25(3,4)5)17-8-6-7-15-16-10-9-14(2)23-21(16)24-20(15)17;/h8-18,20-25H,1-7H3;6-7,9-12H,1-5H3;/q2*-1;/i;1D3;. The average Bonchev–Trinajstić information content (AvgIpc) is 4.11. The summed E-state index contributed by atoms with van der Waals surface area (Å²) in [6.07, 6.45) is -2.75. The SMILES string of the molecule is CC(C)c1cc(C(F)(F)F)cc(C(C)C)c1-n1c(-c2[c-]cc(C(C)(C)C)c3c2oc2cc(-c4ccccc4)ccc23)nc2ccccc21.[2H]C([2H])([2H])c1cc(-c2[c-]ccc3c2oc2nc(C)ccc23)ncc1[Si](C)(C)C.[Ir]. The van der Waals surface area contributed by atoms with Crippen molar-refractivity contribution in [2.24, 2.45) is 0 Å². The van der Waals surface area contributed by atoms with Crippen LogP contribution in [0.1, 0.15) is 97.9 Å². The van der Waals surface area contributed by atoms with Crippen LogP contribution in [0.4, 0.5) is 13.2 Å². The van der Waals surface area contributed by atoms with Gasteiger partial charge in [0, 0.05) is 52.6 Å². The largest absolute Gasteiger partial charge is 0.501 e. The number of benzene rings is 6. The van der Waals surface area contributed by atoms with Crippen molar-refractivity contribution < 1.29 is 46.2 Å². The molecule has 74 heavy (non-hydrogen) atoms. The van der Waals surface area contributed by atoms with Crippen molar-refractivity contribution >= 4 is 68.3 Å². The van der Waals surface area contributed by atoms with Crippen LogP contribution in [0.25, 0.3) is 94.5 Å². The van der Waals surface area contributed by atoms with Crippen LogP contribution in [0.5, 0.6) is 0 Å². The Morgan fingerprint density at radius 1 is 0.716 bits per heavy atom. The minimum Gasteiger partial charge on any atom is -0.501 e. The number of para-hydroxylation sites is 2. The molecular weight excluding hydrogens is 1120 g/mol. The van der Waals surface area contributed by atoms with E-state index in [0.29, 0.717) is 56.2 Å². The van der Waals surface area contributed by atoms with Crippen LogP contribution < -0.4 is 5.19 Å². The molecule has 5 heterocycles. The van der Waals surface area contributed by atoms with Gasteiger partial charge in [0.25, 0.3) is 0 Å². The third kappa shape index (κ3) is 9.55. The summed E-state index contributed by atoms with van der Waals surface area (Å²) >= 11 is 0. The molecule has 0 N–H and O–H groups in total. The van der Waals surface area contributed by atoms with Crippen molar-refractivity contribution in [2.75, 3.05) is 0 Å². The molecule has 0 aliphatic rings. The van der Waals surface area contributed by atoms with Gasteiger partial charge < -0.3 is 18.4 Å². The molecule has 6 nitrogen and oxygen atoms in total. The fourth-order valence-corrected chi connectivity index (χ4v) is 11.2. The number of pyridine rings is 2. The molecule has 5 aromatic heterocycles. The summed E-state index contributed by atoms with van der Waals surface area (Å²) in [5.41, 5.74) is 11.6. The second-order valence-electron chi connectivity index (χ2n) is 21.6. The summed E-state index contributed by atoms with van der Waals surface area (Å²) in [5, 5.41) is 4.68. The van der Waals surface area contributed by atoms with Crippen LogP contribution >= 0.6 is 0 Å². The van der Waals surface area contributed by atoms with E-state index in [2.05, 4.69) is 92.8 Å². The molecule has 0 bridgehead atoms. The van der Waals surface area contributed by atoms with Crippen LogP contribution in [-0.4, -0.2) is 27.6 Å². The van der Waals surface area contributed by atoms with Crippen LogP contribution in [0.15, 0.2) is 136 Å². The van der Waals surface area contributed by atoms with Gasteiger partial charge in [-0.05, 0) is 107 Å². The van der Waals surface area contributed by atoms with E-state index in [0.717, 1.165) is 71.4 Å². The van der Waals surface area contributed by atoms with E-state index < -0.39 is 26.7 Å². The van der Waals surface area contributed by atoms with Gasteiger partial charge in [-0.1, -0.05) is 156 Å². The molecule has 0 saturated carbocycles. The first-order valence-electron chi connectivity index (χ1n) is 26.2. The van der Waals surface area contributed by atoms with E-state index in [1.54, 1.807) is 12.3 Å². The zero-order valence-electron chi connectivity index (χ0n) is 46.4. The number of aryl methyl sites for hydroxylation is 2. The third-order valence-electron chi connectivity index (χ3n) is 13.6. The molecule has 0 aliphatic carbocycles. The molecule has 11 heteroatoms. The van der Waals surface area contributed by atoms with Gasteiger partial charge in [-0.15, -0.1) is 35.9 Å². The van der Waals surface area contributed by atoms with Crippen LogP contribution in [0.2, 0.25) is 19.6 Å². The van der Waals surface area contributed by atoms with Crippen molar-refractivity contribution in [3.63, 3.8) is 0 Å². The van der Waals surface area contributed by atoms with Gasteiger partial charge in [-0.25, -0.2) is 4.98 Å². The Bertz CT molecular complexity index is 4000. The Hall–Kier alpha value is -6.65. The Labute approximate surface area is 449 Å². The van der Waals surface area contributed by atoms with E-state index in [-0.39, 0.29) is 37.4 Å². The normalized spacial score (nSPS) is 13.2. The maximum atomic E-state index is 14.3. The predicted octanol–water partition coefficient (Wildman–Crippen LogP) is 17.6. The van der Waals surface area contributed by atoms with E-state index in [9.17, 15) is 13.2 Å². The zero-order chi connectivity index (χ0) is 54.4. The fourth-order valence-electron chi connectivity index (χ4n) is 9.89. The molecule has 11 aromatic rings. The number of alkyl halides is 3. The Kier molecular flexibility index (Phi) is 12.8. The summed E-state index contributed by atoms with van der Waals surface area (Å²) in [5.74, 6) is 0.194. The molecule has 0 saturated heterocycles. The van der Waals surface area contributed by atoms with Crippen molar-refractivity contribution in [1.82, 2.24) is 19.5 Å². The molecular formula is C63H59F3IrN4O2Si-2.